The normalized spacial score (nSPS) is 27.9. The smallest absolute Gasteiger partial charge is 0.0737 e. The van der Waals surface area contributed by atoms with E-state index >= 15 is 0 Å². The topological polar surface area (TPSA) is 25.4 Å². The summed E-state index contributed by atoms with van der Waals surface area (Å²) in [6.07, 6.45) is 8.62. The molecule has 1 aliphatic carbocycles. The highest BCUT2D eigenvalue weighted by Gasteiger charge is 2.45. The predicted octanol–water partition coefficient (Wildman–Crippen LogP) is 4.67. The van der Waals surface area contributed by atoms with Crippen LogP contribution in [0.15, 0.2) is 30.5 Å². The van der Waals surface area contributed by atoms with Crippen LogP contribution >= 0.6 is 11.6 Å². The summed E-state index contributed by atoms with van der Waals surface area (Å²) in [4.78, 5) is 7.02. The molecule has 2 heterocycles. The van der Waals surface area contributed by atoms with E-state index in [2.05, 4.69) is 22.0 Å². The van der Waals surface area contributed by atoms with Crippen molar-refractivity contribution in [2.75, 3.05) is 25.1 Å². The molecule has 0 radical (unpaired) electrons. The molecule has 1 spiro atoms. The highest BCUT2D eigenvalue weighted by molar-refractivity contribution is 6.31. The fourth-order valence-corrected chi connectivity index (χ4v) is 4.86. The highest BCUT2D eigenvalue weighted by atomic mass is 35.5. The molecule has 1 saturated carbocycles. The largest absolute Gasteiger partial charge is 0.381 e. The first-order valence-electron chi connectivity index (χ1n) is 8.54. The summed E-state index contributed by atoms with van der Waals surface area (Å²) < 4.78 is 5.84. The number of hydrogen-bond acceptors (Lipinski definition) is 3. The maximum atomic E-state index is 6.12. The monoisotopic (exact) mass is 330 g/mol. The molecule has 2 aromatic rings. The summed E-state index contributed by atoms with van der Waals surface area (Å²) in [5.74, 6) is 0. The Labute approximate surface area is 142 Å². The minimum Gasteiger partial charge on any atom is -0.381 e. The molecular formula is C19H23ClN2O. The van der Waals surface area contributed by atoms with Gasteiger partial charge in [0.25, 0.3) is 0 Å². The van der Waals surface area contributed by atoms with Crippen molar-refractivity contribution in [3.63, 3.8) is 0 Å². The lowest BCUT2D eigenvalue weighted by molar-refractivity contribution is 0.00231. The summed E-state index contributed by atoms with van der Waals surface area (Å²) in [7, 11) is 1.88. The van der Waals surface area contributed by atoms with Gasteiger partial charge >= 0.3 is 0 Å². The van der Waals surface area contributed by atoms with Crippen molar-refractivity contribution in [3.05, 3.63) is 35.5 Å². The number of ether oxygens (including phenoxy) is 1. The maximum absolute atomic E-state index is 6.12. The molecule has 1 aromatic heterocycles. The molecule has 4 heteroatoms. The van der Waals surface area contributed by atoms with Gasteiger partial charge in [0, 0.05) is 47.9 Å². The average Bonchev–Trinajstić information content (AvgIpc) is 2.95. The average molecular weight is 331 g/mol. The van der Waals surface area contributed by atoms with Crippen molar-refractivity contribution < 1.29 is 4.74 Å². The lowest BCUT2D eigenvalue weighted by Gasteiger charge is -2.45. The number of anilines is 1. The van der Waals surface area contributed by atoms with Crippen LogP contribution in [-0.2, 0) is 4.74 Å². The van der Waals surface area contributed by atoms with Gasteiger partial charge in [-0.25, -0.2) is 0 Å². The molecule has 1 saturated heterocycles. The van der Waals surface area contributed by atoms with Crippen LogP contribution in [0.4, 0.5) is 5.69 Å². The van der Waals surface area contributed by atoms with E-state index in [4.69, 9.17) is 16.3 Å². The first-order chi connectivity index (χ1) is 11.2. The van der Waals surface area contributed by atoms with E-state index < -0.39 is 0 Å². The Bertz CT molecular complexity index is 720. The zero-order valence-corrected chi connectivity index (χ0v) is 14.4. The van der Waals surface area contributed by atoms with Crippen molar-refractivity contribution in [2.45, 2.75) is 38.2 Å². The number of nitrogens with zero attached hydrogens (tertiary/aromatic N) is 2. The van der Waals surface area contributed by atoms with Crippen LogP contribution in [0.2, 0.25) is 5.02 Å². The number of aromatic nitrogens is 1. The first kappa shape index (κ1) is 15.2. The van der Waals surface area contributed by atoms with E-state index in [1.54, 1.807) is 0 Å². The minimum absolute atomic E-state index is 0.328. The zero-order valence-electron chi connectivity index (χ0n) is 13.6. The Kier molecular flexibility index (Phi) is 3.94. The van der Waals surface area contributed by atoms with Crippen LogP contribution in [0.5, 0.6) is 0 Å². The van der Waals surface area contributed by atoms with E-state index in [1.165, 1.54) is 43.2 Å². The zero-order chi connectivity index (χ0) is 15.9. The summed E-state index contributed by atoms with van der Waals surface area (Å²) in [6, 6.07) is 8.16. The third-order valence-electron chi connectivity index (χ3n) is 5.74. The minimum atomic E-state index is 0.328. The molecule has 122 valence electrons. The SMILES string of the molecule is CO[C@@H]1CCC[C@]12CCCN(c1ccnc3cc(Cl)ccc13)C2. The summed E-state index contributed by atoms with van der Waals surface area (Å²) in [6.45, 7) is 2.20. The van der Waals surface area contributed by atoms with Crippen molar-refractivity contribution in [3.8, 4) is 0 Å². The molecule has 0 unspecified atom stereocenters. The van der Waals surface area contributed by atoms with E-state index in [1.807, 2.05) is 25.4 Å². The Balaban J connectivity index is 1.71. The van der Waals surface area contributed by atoms with E-state index in [0.717, 1.165) is 23.6 Å². The van der Waals surface area contributed by atoms with Crippen molar-refractivity contribution in [1.82, 2.24) is 4.98 Å². The number of piperidine rings is 1. The molecule has 0 amide bonds. The van der Waals surface area contributed by atoms with Gasteiger partial charge in [-0.05, 0) is 49.9 Å². The number of hydrogen-bond donors (Lipinski definition) is 0. The van der Waals surface area contributed by atoms with Gasteiger partial charge in [-0.15, -0.1) is 0 Å². The predicted molar refractivity (Wildman–Crippen MR) is 95.3 cm³/mol. The summed E-state index contributed by atoms with van der Waals surface area (Å²) in [5, 5.41) is 1.94. The molecule has 3 nitrogen and oxygen atoms in total. The Morgan fingerprint density at radius 3 is 3.00 bits per heavy atom. The van der Waals surface area contributed by atoms with Crippen LogP contribution in [0.25, 0.3) is 10.9 Å². The molecule has 1 aromatic carbocycles. The van der Waals surface area contributed by atoms with Crippen LogP contribution in [-0.4, -0.2) is 31.3 Å². The van der Waals surface area contributed by atoms with Gasteiger partial charge in [0.2, 0.25) is 0 Å². The van der Waals surface area contributed by atoms with Crippen LogP contribution in [0, 0.1) is 5.41 Å². The number of rotatable bonds is 2. The van der Waals surface area contributed by atoms with Gasteiger partial charge in [-0.2, -0.15) is 0 Å². The van der Waals surface area contributed by atoms with Gasteiger partial charge in [-0.1, -0.05) is 18.0 Å². The van der Waals surface area contributed by atoms with Crippen LogP contribution < -0.4 is 4.90 Å². The summed E-state index contributed by atoms with van der Waals surface area (Å²) in [5.41, 5.74) is 2.59. The second kappa shape index (κ2) is 5.95. The van der Waals surface area contributed by atoms with Gasteiger partial charge in [0.05, 0.1) is 11.6 Å². The Morgan fingerprint density at radius 1 is 1.26 bits per heavy atom. The van der Waals surface area contributed by atoms with E-state index in [-0.39, 0.29) is 0 Å². The third-order valence-corrected chi connectivity index (χ3v) is 5.97. The number of benzene rings is 1. The first-order valence-corrected chi connectivity index (χ1v) is 8.92. The molecule has 0 N–H and O–H groups in total. The number of pyridine rings is 1. The molecule has 2 atom stereocenters. The van der Waals surface area contributed by atoms with E-state index in [9.17, 15) is 0 Å². The van der Waals surface area contributed by atoms with Crippen LogP contribution in [0.3, 0.4) is 0 Å². The van der Waals surface area contributed by atoms with Crippen molar-refractivity contribution >= 4 is 28.2 Å². The van der Waals surface area contributed by atoms with Crippen molar-refractivity contribution in [1.29, 1.82) is 0 Å². The van der Waals surface area contributed by atoms with Gasteiger partial charge in [-0.3, -0.25) is 4.98 Å². The standard InChI is InChI=1S/C19H23ClN2O/c1-23-18-4-2-8-19(18)9-3-11-22(13-19)17-7-10-21-16-12-14(20)5-6-15(16)17/h5-7,10,12,18H,2-4,8-9,11,13H2,1H3/t18-,19-/m1/s1. The molecule has 2 fully saturated rings. The maximum Gasteiger partial charge on any atom is 0.0737 e. The van der Waals surface area contributed by atoms with Crippen molar-refractivity contribution in [2.24, 2.45) is 5.41 Å². The highest BCUT2D eigenvalue weighted by Crippen LogP contribution is 2.47. The quantitative estimate of drug-likeness (QED) is 0.799. The lowest BCUT2D eigenvalue weighted by atomic mass is 9.76. The third kappa shape index (κ3) is 2.60. The lowest BCUT2D eigenvalue weighted by Crippen LogP contribution is -2.48. The molecule has 2 aliphatic rings. The fourth-order valence-electron chi connectivity index (χ4n) is 4.69. The van der Waals surface area contributed by atoms with Gasteiger partial charge < -0.3 is 9.64 Å². The van der Waals surface area contributed by atoms with Crippen LogP contribution in [0.1, 0.15) is 32.1 Å². The fraction of sp³-hybridized carbons (Fsp3) is 0.526. The Hall–Kier alpha value is -1.32. The second-order valence-electron chi connectivity index (χ2n) is 7.00. The molecule has 0 bridgehead atoms. The number of halogens is 1. The second-order valence-corrected chi connectivity index (χ2v) is 7.43. The molecular weight excluding hydrogens is 308 g/mol. The molecule has 4 rings (SSSR count). The van der Waals surface area contributed by atoms with Gasteiger partial charge in [0.15, 0.2) is 0 Å². The Morgan fingerprint density at radius 2 is 2.13 bits per heavy atom. The molecule has 23 heavy (non-hydrogen) atoms. The van der Waals surface area contributed by atoms with Gasteiger partial charge in [0.1, 0.15) is 0 Å². The number of fused-ring (bicyclic) bond motifs is 1. The molecule has 1 aliphatic heterocycles. The number of methoxy groups -OCH3 is 1. The van der Waals surface area contributed by atoms with E-state index in [0.29, 0.717) is 11.5 Å². The summed E-state index contributed by atoms with van der Waals surface area (Å²) >= 11 is 6.12.